The predicted molar refractivity (Wildman–Crippen MR) is 117 cm³/mol. The summed E-state index contributed by atoms with van der Waals surface area (Å²) in [5.41, 5.74) is 0.980. The quantitative estimate of drug-likeness (QED) is 0.314. The Bertz CT molecular complexity index is 589. The van der Waals surface area contributed by atoms with Gasteiger partial charge < -0.3 is 15.7 Å². The molecule has 0 bridgehead atoms. The van der Waals surface area contributed by atoms with Crippen LogP contribution in [0.5, 0.6) is 0 Å². The predicted octanol–water partition coefficient (Wildman–Crippen LogP) is 3.13. The van der Waals surface area contributed by atoms with E-state index in [4.69, 9.17) is 0 Å². The smallest absolute Gasteiger partial charge is 0.191 e. The zero-order valence-electron chi connectivity index (χ0n) is 13.8. The number of nitrogens with one attached hydrogen (secondary N) is 2. The molecule has 2 fully saturated rings. The molecule has 7 heteroatoms. The molecule has 0 spiro atoms. The summed E-state index contributed by atoms with van der Waals surface area (Å²) in [6.07, 6.45) is 3.24. The summed E-state index contributed by atoms with van der Waals surface area (Å²) in [4.78, 5) is 4.29. The van der Waals surface area contributed by atoms with Crippen LogP contribution < -0.4 is 10.6 Å². The van der Waals surface area contributed by atoms with Crippen molar-refractivity contribution in [3.05, 3.63) is 34.3 Å². The Morgan fingerprint density at radius 1 is 1.25 bits per heavy atom. The zero-order chi connectivity index (χ0) is 16.3. The highest BCUT2D eigenvalue weighted by Crippen LogP contribution is 2.49. The molecule has 1 aromatic rings. The molecule has 3 rings (SSSR count). The van der Waals surface area contributed by atoms with E-state index in [0.717, 1.165) is 30.4 Å². The van der Waals surface area contributed by atoms with Crippen LogP contribution in [-0.2, 0) is 5.41 Å². The van der Waals surface area contributed by atoms with E-state index >= 15 is 0 Å². The second kappa shape index (κ2) is 8.60. The van der Waals surface area contributed by atoms with Crippen molar-refractivity contribution in [1.82, 2.24) is 10.6 Å². The molecule has 0 amide bonds. The number of thioether (sulfide) groups is 1. The van der Waals surface area contributed by atoms with Gasteiger partial charge in [-0.1, -0.05) is 34.1 Å². The minimum atomic E-state index is -0.595. The molecule has 0 radical (unpaired) electrons. The topological polar surface area (TPSA) is 56.7 Å². The molecule has 3 N–H and O–H groups in total. The van der Waals surface area contributed by atoms with Gasteiger partial charge in [0.2, 0.25) is 0 Å². The second-order valence-electron chi connectivity index (χ2n) is 6.57. The first-order valence-corrected chi connectivity index (χ1v) is 10.0. The maximum absolute atomic E-state index is 10.4. The number of hydrogen-bond acceptors (Lipinski definition) is 3. The molecule has 24 heavy (non-hydrogen) atoms. The first-order chi connectivity index (χ1) is 11.1. The molecule has 1 heterocycles. The number of nitrogens with zero attached hydrogens (tertiary/aromatic N) is 1. The van der Waals surface area contributed by atoms with Gasteiger partial charge in [0.15, 0.2) is 5.96 Å². The Kier molecular flexibility index (Phi) is 7.28. The van der Waals surface area contributed by atoms with E-state index < -0.39 is 5.60 Å². The van der Waals surface area contributed by atoms with Crippen LogP contribution in [-0.4, -0.2) is 48.3 Å². The Hall–Kier alpha value is 0.01000. The number of aliphatic hydroxyl groups is 1. The summed E-state index contributed by atoms with van der Waals surface area (Å²) in [6, 6.07) is 8.46. The average molecular weight is 526 g/mol. The molecule has 1 saturated heterocycles. The van der Waals surface area contributed by atoms with Crippen molar-refractivity contribution in [3.8, 4) is 0 Å². The van der Waals surface area contributed by atoms with Gasteiger partial charge in [-0.3, -0.25) is 4.99 Å². The molecule has 1 aromatic carbocycles. The summed E-state index contributed by atoms with van der Waals surface area (Å²) in [5.74, 6) is 2.61. The highest BCUT2D eigenvalue weighted by molar-refractivity contribution is 14.0. The number of aliphatic imine (C=N–C) groups is 1. The Labute approximate surface area is 173 Å². The van der Waals surface area contributed by atoms with Gasteiger partial charge in [0.05, 0.1) is 5.60 Å². The minimum absolute atomic E-state index is 0. The zero-order valence-corrected chi connectivity index (χ0v) is 18.6. The lowest BCUT2D eigenvalue weighted by atomic mass is 9.96. The highest BCUT2D eigenvalue weighted by Gasteiger charge is 2.45. The van der Waals surface area contributed by atoms with Crippen molar-refractivity contribution in [2.45, 2.75) is 30.3 Å². The maximum Gasteiger partial charge on any atom is 0.191 e. The summed E-state index contributed by atoms with van der Waals surface area (Å²) in [6.45, 7) is 1.42. The van der Waals surface area contributed by atoms with Gasteiger partial charge in [0.1, 0.15) is 0 Å². The molecule has 1 unspecified atom stereocenters. The molecule has 1 atom stereocenters. The number of halogens is 2. The summed E-state index contributed by atoms with van der Waals surface area (Å²) >= 11 is 5.48. The van der Waals surface area contributed by atoms with Crippen LogP contribution in [0.3, 0.4) is 0 Å². The molecule has 1 saturated carbocycles. The average Bonchev–Trinajstić information content (AvgIpc) is 3.22. The van der Waals surface area contributed by atoms with Gasteiger partial charge in [-0.2, -0.15) is 11.8 Å². The normalized spacial score (nSPS) is 25.0. The number of benzene rings is 1. The van der Waals surface area contributed by atoms with Gasteiger partial charge >= 0.3 is 0 Å². The van der Waals surface area contributed by atoms with Crippen molar-refractivity contribution in [1.29, 1.82) is 0 Å². The van der Waals surface area contributed by atoms with Gasteiger partial charge in [-0.15, -0.1) is 24.0 Å². The third kappa shape index (κ3) is 4.80. The summed E-state index contributed by atoms with van der Waals surface area (Å²) in [7, 11) is 1.78. The summed E-state index contributed by atoms with van der Waals surface area (Å²) in [5, 5.41) is 17.1. The lowest BCUT2D eigenvalue weighted by molar-refractivity contribution is 0.0724. The second-order valence-corrected chi connectivity index (χ2v) is 8.53. The van der Waals surface area contributed by atoms with E-state index in [0.29, 0.717) is 6.54 Å². The molecule has 0 aromatic heterocycles. The lowest BCUT2D eigenvalue weighted by Crippen LogP contribution is -2.48. The molecule has 1 aliphatic heterocycles. The van der Waals surface area contributed by atoms with Crippen molar-refractivity contribution < 1.29 is 5.11 Å². The van der Waals surface area contributed by atoms with Crippen LogP contribution in [0.25, 0.3) is 0 Å². The van der Waals surface area contributed by atoms with Gasteiger partial charge in [-0.25, -0.2) is 0 Å². The van der Waals surface area contributed by atoms with Crippen LogP contribution >= 0.6 is 51.7 Å². The van der Waals surface area contributed by atoms with Crippen LogP contribution in [0.4, 0.5) is 0 Å². The van der Waals surface area contributed by atoms with Crippen LogP contribution in [0.1, 0.15) is 24.8 Å². The van der Waals surface area contributed by atoms with Crippen molar-refractivity contribution in [2.75, 3.05) is 31.6 Å². The Morgan fingerprint density at radius 2 is 1.96 bits per heavy atom. The fourth-order valence-electron chi connectivity index (χ4n) is 3.04. The van der Waals surface area contributed by atoms with E-state index in [1.807, 2.05) is 11.8 Å². The molecule has 134 valence electrons. The highest BCUT2D eigenvalue weighted by atomic mass is 127. The van der Waals surface area contributed by atoms with Gasteiger partial charge in [-0.05, 0) is 36.6 Å². The van der Waals surface area contributed by atoms with E-state index in [9.17, 15) is 5.11 Å². The van der Waals surface area contributed by atoms with E-state index in [1.54, 1.807) is 7.05 Å². The Morgan fingerprint density at radius 3 is 2.54 bits per heavy atom. The van der Waals surface area contributed by atoms with Crippen LogP contribution in [0.2, 0.25) is 0 Å². The van der Waals surface area contributed by atoms with Crippen LogP contribution in [0.15, 0.2) is 33.7 Å². The van der Waals surface area contributed by atoms with Crippen molar-refractivity contribution in [3.63, 3.8) is 0 Å². The molecular weight excluding hydrogens is 501 g/mol. The number of guanidine groups is 1. The van der Waals surface area contributed by atoms with E-state index in [1.165, 1.54) is 22.9 Å². The molecule has 2 aliphatic rings. The maximum atomic E-state index is 10.4. The number of rotatable bonds is 5. The third-order valence-electron chi connectivity index (χ3n) is 4.78. The van der Waals surface area contributed by atoms with Crippen molar-refractivity contribution >= 4 is 57.6 Å². The molecule has 4 nitrogen and oxygen atoms in total. The minimum Gasteiger partial charge on any atom is -0.387 e. The fraction of sp³-hybridized carbons (Fsp3) is 0.588. The lowest BCUT2D eigenvalue weighted by Gasteiger charge is -2.24. The largest absolute Gasteiger partial charge is 0.387 e. The molecular formula is C17H25BrIN3OS. The van der Waals surface area contributed by atoms with Crippen LogP contribution in [0, 0.1) is 0 Å². The van der Waals surface area contributed by atoms with E-state index in [-0.39, 0.29) is 29.4 Å². The first kappa shape index (κ1) is 20.3. The summed E-state index contributed by atoms with van der Waals surface area (Å²) < 4.78 is 1.18. The van der Waals surface area contributed by atoms with Gasteiger partial charge in [0, 0.05) is 35.8 Å². The van der Waals surface area contributed by atoms with E-state index in [2.05, 4.69) is 55.8 Å². The van der Waals surface area contributed by atoms with Crippen molar-refractivity contribution in [2.24, 2.45) is 4.99 Å². The Balaban J connectivity index is 0.00000208. The molecule has 1 aliphatic carbocycles. The number of hydrogen-bond donors (Lipinski definition) is 3. The third-order valence-corrected chi connectivity index (χ3v) is 6.71. The fourth-order valence-corrected chi connectivity index (χ4v) is 5.04. The monoisotopic (exact) mass is 525 g/mol. The van der Waals surface area contributed by atoms with Gasteiger partial charge in [0.25, 0.3) is 0 Å². The standard InChI is InChI=1S/C17H24BrN3OS.HI/c1-19-15(21-11-17(22)8-9-23-12-17)20-10-16(6-7-16)13-4-2-3-5-14(13)18;/h2-5,22H,6-12H2,1H3,(H2,19,20,21);1H. The SMILES string of the molecule is CN=C(NCC1(O)CCSC1)NCC1(c2ccccc2Br)CC1.I. The first-order valence-electron chi connectivity index (χ1n) is 8.07.